The molecule has 2 heterocycles. The highest BCUT2D eigenvalue weighted by molar-refractivity contribution is 5.89. The van der Waals surface area contributed by atoms with Crippen molar-refractivity contribution >= 4 is 22.8 Å². The number of carbonyl (C=O) groups is 2. The molecule has 1 aromatic heterocycles. The van der Waals surface area contributed by atoms with Crippen LogP contribution in [0.25, 0.3) is 11.0 Å². The van der Waals surface area contributed by atoms with Crippen molar-refractivity contribution in [2.24, 2.45) is 5.92 Å². The first-order valence-electron chi connectivity index (χ1n) is 9.50. The summed E-state index contributed by atoms with van der Waals surface area (Å²) in [6.45, 7) is 6.67. The van der Waals surface area contributed by atoms with Gasteiger partial charge in [-0.3, -0.25) is 9.59 Å². The molecule has 1 aromatic carbocycles. The SMILES string of the molecule is CCC(CC)N1CC(C(=O)N(C)C(C)c2cc3ccccc3o2)CC1=O. The van der Waals surface area contributed by atoms with E-state index in [4.69, 9.17) is 4.42 Å². The summed E-state index contributed by atoms with van der Waals surface area (Å²) in [5, 5.41) is 1.03. The van der Waals surface area contributed by atoms with Gasteiger partial charge in [-0.05, 0) is 31.9 Å². The Balaban J connectivity index is 1.72. The number of hydrogen-bond donors (Lipinski definition) is 0. The first-order valence-corrected chi connectivity index (χ1v) is 9.50. The van der Waals surface area contributed by atoms with Gasteiger partial charge in [0.25, 0.3) is 0 Å². The lowest BCUT2D eigenvalue weighted by molar-refractivity contribution is -0.136. The lowest BCUT2D eigenvalue weighted by Gasteiger charge is -2.28. The smallest absolute Gasteiger partial charge is 0.228 e. The van der Waals surface area contributed by atoms with E-state index in [0.717, 1.165) is 29.6 Å². The van der Waals surface area contributed by atoms with Gasteiger partial charge in [-0.2, -0.15) is 0 Å². The fourth-order valence-corrected chi connectivity index (χ4v) is 3.86. The molecule has 0 aliphatic carbocycles. The minimum Gasteiger partial charge on any atom is -0.459 e. The third-order valence-corrected chi connectivity index (χ3v) is 5.68. The summed E-state index contributed by atoms with van der Waals surface area (Å²) in [6.07, 6.45) is 2.16. The Kier molecular flexibility index (Phi) is 5.35. The summed E-state index contributed by atoms with van der Waals surface area (Å²) in [6, 6.07) is 9.88. The van der Waals surface area contributed by atoms with Crippen LogP contribution in [0.5, 0.6) is 0 Å². The van der Waals surface area contributed by atoms with E-state index in [-0.39, 0.29) is 29.8 Å². The number of likely N-dealkylation sites (tertiary alicyclic amines) is 1. The molecule has 2 amide bonds. The number of amides is 2. The predicted octanol–water partition coefficient (Wildman–Crippen LogP) is 3.99. The van der Waals surface area contributed by atoms with Gasteiger partial charge in [-0.15, -0.1) is 0 Å². The fraction of sp³-hybridized carbons (Fsp3) is 0.524. The molecule has 26 heavy (non-hydrogen) atoms. The maximum absolute atomic E-state index is 13.0. The van der Waals surface area contributed by atoms with Gasteiger partial charge in [-0.1, -0.05) is 32.0 Å². The number of carbonyl (C=O) groups excluding carboxylic acids is 2. The van der Waals surface area contributed by atoms with Gasteiger partial charge in [-0.25, -0.2) is 0 Å². The minimum absolute atomic E-state index is 0.0137. The van der Waals surface area contributed by atoms with E-state index < -0.39 is 0 Å². The predicted molar refractivity (Wildman–Crippen MR) is 102 cm³/mol. The highest BCUT2D eigenvalue weighted by atomic mass is 16.3. The van der Waals surface area contributed by atoms with E-state index in [1.807, 2.05) is 42.2 Å². The van der Waals surface area contributed by atoms with Gasteiger partial charge in [0.2, 0.25) is 11.8 Å². The zero-order valence-corrected chi connectivity index (χ0v) is 16.1. The van der Waals surface area contributed by atoms with Gasteiger partial charge in [0.05, 0.1) is 12.0 Å². The van der Waals surface area contributed by atoms with Crippen molar-refractivity contribution in [2.45, 2.75) is 52.1 Å². The Morgan fingerprint density at radius 2 is 2.00 bits per heavy atom. The molecule has 0 spiro atoms. The van der Waals surface area contributed by atoms with E-state index in [1.54, 1.807) is 11.9 Å². The maximum Gasteiger partial charge on any atom is 0.228 e. The molecule has 5 nitrogen and oxygen atoms in total. The molecule has 1 saturated heterocycles. The molecule has 1 fully saturated rings. The minimum atomic E-state index is -0.264. The van der Waals surface area contributed by atoms with Crippen molar-refractivity contribution in [3.8, 4) is 0 Å². The molecule has 1 aliphatic heterocycles. The summed E-state index contributed by atoms with van der Waals surface area (Å²) in [5.74, 6) is 0.616. The van der Waals surface area contributed by atoms with Crippen molar-refractivity contribution in [1.29, 1.82) is 0 Å². The third-order valence-electron chi connectivity index (χ3n) is 5.68. The van der Waals surface area contributed by atoms with Crippen LogP contribution in [0.4, 0.5) is 0 Å². The van der Waals surface area contributed by atoms with Crippen LogP contribution in [-0.4, -0.2) is 41.2 Å². The van der Waals surface area contributed by atoms with Gasteiger partial charge >= 0.3 is 0 Å². The molecular weight excluding hydrogens is 328 g/mol. The second-order valence-corrected chi connectivity index (χ2v) is 7.23. The largest absolute Gasteiger partial charge is 0.459 e. The summed E-state index contributed by atoms with van der Waals surface area (Å²) in [4.78, 5) is 28.9. The molecule has 140 valence electrons. The normalized spacial score (nSPS) is 18.7. The highest BCUT2D eigenvalue weighted by Gasteiger charge is 2.39. The number of benzene rings is 1. The van der Waals surface area contributed by atoms with Crippen LogP contribution in [0.2, 0.25) is 0 Å². The molecule has 2 aromatic rings. The number of nitrogens with zero attached hydrogens (tertiary/aromatic N) is 2. The summed E-state index contributed by atoms with van der Waals surface area (Å²) in [5.41, 5.74) is 0.825. The topological polar surface area (TPSA) is 53.8 Å². The van der Waals surface area contributed by atoms with E-state index in [0.29, 0.717) is 13.0 Å². The Labute approximate surface area is 154 Å². The third kappa shape index (κ3) is 3.35. The first-order chi connectivity index (χ1) is 12.5. The van der Waals surface area contributed by atoms with Crippen molar-refractivity contribution in [1.82, 2.24) is 9.80 Å². The lowest BCUT2D eigenvalue weighted by atomic mass is 10.1. The molecule has 0 bridgehead atoms. The number of rotatable bonds is 6. The highest BCUT2D eigenvalue weighted by Crippen LogP contribution is 2.30. The van der Waals surface area contributed by atoms with Crippen LogP contribution in [0.15, 0.2) is 34.7 Å². The first kappa shape index (κ1) is 18.5. The van der Waals surface area contributed by atoms with E-state index in [1.165, 1.54) is 0 Å². The van der Waals surface area contributed by atoms with E-state index in [9.17, 15) is 9.59 Å². The summed E-state index contributed by atoms with van der Waals surface area (Å²) in [7, 11) is 1.80. The van der Waals surface area contributed by atoms with Gasteiger partial charge in [0, 0.05) is 31.4 Å². The Morgan fingerprint density at radius 3 is 2.65 bits per heavy atom. The van der Waals surface area contributed by atoms with Crippen molar-refractivity contribution < 1.29 is 14.0 Å². The molecule has 5 heteroatoms. The van der Waals surface area contributed by atoms with Gasteiger partial charge < -0.3 is 14.2 Å². The molecule has 1 aliphatic rings. The quantitative estimate of drug-likeness (QED) is 0.786. The average molecular weight is 356 g/mol. The van der Waals surface area contributed by atoms with Crippen LogP contribution in [-0.2, 0) is 9.59 Å². The van der Waals surface area contributed by atoms with Crippen molar-refractivity contribution in [2.75, 3.05) is 13.6 Å². The zero-order chi connectivity index (χ0) is 18.8. The van der Waals surface area contributed by atoms with Crippen molar-refractivity contribution in [3.63, 3.8) is 0 Å². The molecule has 3 rings (SSSR count). The number of furan rings is 1. The number of fused-ring (bicyclic) bond motifs is 1. The second kappa shape index (κ2) is 7.52. The average Bonchev–Trinajstić information content (AvgIpc) is 3.25. The number of hydrogen-bond acceptors (Lipinski definition) is 3. The van der Waals surface area contributed by atoms with Crippen LogP contribution in [0, 0.1) is 5.92 Å². The molecule has 0 N–H and O–H groups in total. The van der Waals surface area contributed by atoms with Gasteiger partial charge in [0.15, 0.2) is 0 Å². The maximum atomic E-state index is 13.0. The second-order valence-electron chi connectivity index (χ2n) is 7.23. The Bertz CT molecular complexity index is 760. The Morgan fingerprint density at radius 1 is 1.31 bits per heavy atom. The zero-order valence-electron chi connectivity index (χ0n) is 16.1. The van der Waals surface area contributed by atoms with Gasteiger partial charge in [0.1, 0.15) is 11.3 Å². The van der Waals surface area contributed by atoms with Crippen LogP contribution < -0.4 is 0 Å². The lowest BCUT2D eigenvalue weighted by Crippen LogP contribution is -2.39. The number of para-hydroxylation sites is 1. The van der Waals surface area contributed by atoms with E-state index in [2.05, 4.69) is 13.8 Å². The fourth-order valence-electron chi connectivity index (χ4n) is 3.86. The standard InChI is InChI=1S/C21H28N2O3/c1-5-17(6-2)23-13-16(12-20(23)24)21(25)22(4)14(3)19-11-15-9-7-8-10-18(15)26-19/h7-11,14,16-17H,5-6,12-13H2,1-4H3. The molecular formula is C21H28N2O3. The van der Waals surface area contributed by atoms with E-state index >= 15 is 0 Å². The molecule has 2 unspecified atom stereocenters. The monoisotopic (exact) mass is 356 g/mol. The Hall–Kier alpha value is -2.30. The molecule has 2 atom stereocenters. The molecule has 0 radical (unpaired) electrons. The van der Waals surface area contributed by atoms with Crippen LogP contribution >= 0.6 is 0 Å². The summed E-state index contributed by atoms with van der Waals surface area (Å²) < 4.78 is 5.91. The van der Waals surface area contributed by atoms with Crippen LogP contribution in [0.3, 0.4) is 0 Å². The van der Waals surface area contributed by atoms with Crippen LogP contribution in [0.1, 0.15) is 51.8 Å². The molecule has 0 saturated carbocycles. The van der Waals surface area contributed by atoms with Crippen molar-refractivity contribution in [3.05, 3.63) is 36.1 Å². The summed E-state index contributed by atoms with van der Waals surface area (Å²) >= 11 is 0.